The minimum absolute atomic E-state index is 0.0538. The maximum atomic E-state index is 15.3. The lowest BCUT2D eigenvalue weighted by molar-refractivity contribution is 0.270. The molecule has 6 aromatic rings. The van der Waals surface area contributed by atoms with Gasteiger partial charge in [-0.3, -0.25) is 0 Å². The number of hydrogen-bond donors (Lipinski definition) is 0. The van der Waals surface area contributed by atoms with Gasteiger partial charge >= 0.3 is 0 Å². The van der Waals surface area contributed by atoms with E-state index >= 15 is 8.78 Å². The number of methoxy groups -OCH3 is 1. The highest BCUT2D eigenvalue weighted by Crippen LogP contribution is 2.28. The van der Waals surface area contributed by atoms with Gasteiger partial charge in [-0.2, -0.15) is 5.26 Å². The molecule has 0 aliphatic heterocycles. The highest BCUT2D eigenvalue weighted by Gasteiger charge is 2.20. The Morgan fingerprint density at radius 3 is 2.38 bits per heavy atom. The van der Waals surface area contributed by atoms with E-state index in [2.05, 4.69) is 20.3 Å². The van der Waals surface area contributed by atoms with Gasteiger partial charge in [-0.1, -0.05) is 24.3 Å². The van der Waals surface area contributed by atoms with Crippen LogP contribution >= 0.6 is 0 Å². The first kappa shape index (κ1) is 30.8. The molecule has 0 aliphatic rings. The molecule has 0 N–H and O–H groups in total. The Balaban J connectivity index is 1.13. The molecule has 10 nitrogen and oxygen atoms in total. The van der Waals surface area contributed by atoms with Crippen LogP contribution in [0.1, 0.15) is 28.1 Å². The smallest absolute Gasteiger partial charge is 0.255 e. The van der Waals surface area contributed by atoms with Crippen LogP contribution in [0.3, 0.4) is 0 Å². The average Bonchev–Trinajstić information content (AvgIpc) is 3.71. The molecule has 0 aliphatic carbocycles. The highest BCUT2D eigenvalue weighted by atomic mass is 19.1. The number of benzene rings is 3. The summed E-state index contributed by atoms with van der Waals surface area (Å²) in [6.07, 6.45) is -0.0613. The van der Waals surface area contributed by atoms with E-state index in [0.717, 1.165) is 29.5 Å². The van der Waals surface area contributed by atoms with Crippen molar-refractivity contribution in [1.82, 2.24) is 24.9 Å². The lowest BCUT2D eigenvalue weighted by Gasteiger charge is -2.10. The van der Waals surface area contributed by atoms with Gasteiger partial charge in [-0.25, -0.2) is 18.2 Å². The number of aromatic nitrogens is 5. The molecule has 0 unspecified atom stereocenters. The Bertz CT molecular complexity index is 2090. The van der Waals surface area contributed by atoms with Crippen molar-refractivity contribution < 1.29 is 31.9 Å². The topological polar surface area (TPSA) is 121 Å². The first-order valence-electron chi connectivity index (χ1n) is 14.2. The van der Waals surface area contributed by atoms with E-state index in [0.29, 0.717) is 11.6 Å². The zero-order chi connectivity index (χ0) is 32.9. The summed E-state index contributed by atoms with van der Waals surface area (Å²) in [6.45, 7) is 0.0852. The molecule has 13 heteroatoms. The number of ether oxygens (including phenoxy) is 3. The van der Waals surface area contributed by atoms with Gasteiger partial charge in [0.25, 0.3) is 5.88 Å². The molecule has 3 aromatic heterocycles. The Labute approximate surface area is 266 Å². The van der Waals surface area contributed by atoms with Gasteiger partial charge < -0.3 is 23.3 Å². The summed E-state index contributed by atoms with van der Waals surface area (Å²) in [5, 5.41) is 21.1. The van der Waals surface area contributed by atoms with Crippen molar-refractivity contribution in [3.8, 4) is 46.4 Å². The highest BCUT2D eigenvalue weighted by molar-refractivity contribution is 5.61. The van der Waals surface area contributed by atoms with E-state index < -0.39 is 17.5 Å². The van der Waals surface area contributed by atoms with Crippen LogP contribution in [0.4, 0.5) is 13.2 Å². The first-order valence-corrected chi connectivity index (χ1v) is 14.2. The summed E-state index contributed by atoms with van der Waals surface area (Å²) >= 11 is 0. The van der Waals surface area contributed by atoms with E-state index in [-0.39, 0.29) is 65.1 Å². The van der Waals surface area contributed by atoms with E-state index in [1.54, 1.807) is 30.9 Å². The van der Waals surface area contributed by atoms with E-state index in [9.17, 15) is 4.39 Å². The molecule has 0 atom stereocenters. The van der Waals surface area contributed by atoms with Crippen molar-refractivity contribution in [2.45, 2.75) is 19.6 Å². The molecular formula is C34H25F3N6O4. The molecule has 47 heavy (non-hydrogen) atoms. The lowest BCUT2D eigenvalue weighted by atomic mass is 10.0. The Morgan fingerprint density at radius 1 is 0.830 bits per heavy atom. The molecule has 0 saturated carbocycles. The number of hydrogen-bond acceptors (Lipinski definition) is 9. The maximum absolute atomic E-state index is 15.3. The van der Waals surface area contributed by atoms with E-state index in [1.807, 2.05) is 30.3 Å². The zero-order valence-corrected chi connectivity index (χ0v) is 25.1. The Kier molecular flexibility index (Phi) is 8.83. The van der Waals surface area contributed by atoms with Gasteiger partial charge in [0.1, 0.15) is 42.2 Å². The average molecular weight is 639 g/mol. The van der Waals surface area contributed by atoms with Crippen LogP contribution < -0.4 is 14.2 Å². The minimum Gasteiger partial charge on any atom is -0.497 e. The van der Waals surface area contributed by atoms with Crippen molar-refractivity contribution in [2.75, 3.05) is 7.11 Å². The Morgan fingerprint density at radius 2 is 1.62 bits per heavy atom. The molecule has 0 spiro atoms. The van der Waals surface area contributed by atoms with Crippen LogP contribution in [0.25, 0.3) is 22.8 Å². The van der Waals surface area contributed by atoms with Gasteiger partial charge in [-0.05, 0) is 58.7 Å². The quantitative estimate of drug-likeness (QED) is 0.155. The van der Waals surface area contributed by atoms with Gasteiger partial charge in [0.05, 0.1) is 30.5 Å². The van der Waals surface area contributed by atoms with Gasteiger partial charge in [0, 0.05) is 30.7 Å². The molecule has 236 valence electrons. The number of halogens is 3. The van der Waals surface area contributed by atoms with Gasteiger partial charge in [0.15, 0.2) is 0 Å². The van der Waals surface area contributed by atoms with Gasteiger partial charge in [0.2, 0.25) is 17.5 Å². The standard InChI is InChI=1S/C34H25F3N6O4/c1-43-31(40-41-34(43)30-16-33(42-47-30)45-18-20-7-10-24(44-2)11-8-20)14-23-13-28(37)25(15-27(23)36)29-4-3-5-32(39-29)46-19-22-9-6-21(17-38)12-26(22)35/h3-13,15-16H,14,18-19H2,1-2H3. The maximum Gasteiger partial charge on any atom is 0.255 e. The Hall–Kier alpha value is -6.16. The third kappa shape index (κ3) is 6.91. The molecule has 3 aromatic carbocycles. The van der Waals surface area contributed by atoms with Crippen molar-refractivity contribution in [3.05, 3.63) is 124 Å². The molecule has 0 radical (unpaired) electrons. The number of pyridine rings is 1. The lowest BCUT2D eigenvalue weighted by Crippen LogP contribution is -2.04. The summed E-state index contributed by atoms with van der Waals surface area (Å²) < 4.78 is 68.3. The number of nitrogens with zero attached hydrogens (tertiary/aromatic N) is 6. The van der Waals surface area contributed by atoms with Crippen LogP contribution in [0.2, 0.25) is 0 Å². The predicted octanol–water partition coefficient (Wildman–Crippen LogP) is 6.58. The first-order chi connectivity index (χ1) is 22.8. The molecular weight excluding hydrogens is 613 g/mol. The molecule has 0 bridgehead atoms. The number of rotatable bonds is 11. The van der Waals surface area contributed by atoms with Crippen molar-refractivity contribution in [1.29, 1.82) is 5.26 Å². The van der Waals surface area contributed by atoms with Crippen LogP contribution in [0.5, 0.6) is 17.5 Å². The fraction of sp³-hybridized carbons (Fsp3) is 0.147. The van der Waals surface area contributed by atoms with Crippen molar-refractivity contribution >= 4 is 0 Å². The van der Waals surface area contributed by atoms with E-state index in [1.165, 1.54) is 24.3 Å². The second kappa shape index (κ2) is 13.5. The van der Waals surface area contributed by atoms with Crippen LogP contribution in [-0.2, 0) is 26.7 Å². The summed E-state index contributed by atoms with van der Waals surface area (Å²) in [7, 11) is 3.27. The molecule has 0 saturated heterocycles. The van der Waals surface area contributed by atoms with E-state index in [4.69, 9.17) is 24.0 Å². The molecule has 0 fully saturated rings. The molecule has 3 heterocycles. The second-order valence-corrected chi connectivity index (χ2v) is 10.3. The SMILES string of the molecule is COc1ccc(COc2cc(-c3nnc(Cc4cc(F)c(-c5cccc(OCc6ccc(C#N)cc6F)n5)cc4F)n3C)on2)cc1. The third-order valence-electron chi connectivity index (χ3n) is 7.26. The zero-order valence-electron chi connectivity index (χ0n) is 25.1. The molecule has 6 rings (SSSR count). The van der Waals surface area contributed by atoms with Crippen LogP contribution in [0, 0.1) is 28.8 Å². The normalized spacial score (nSPS) is 10.9. The fourth-order valence-electron chi connectivity index (χ4n) is 4.66. The minimum atomic E-state index is -0.708. The monoisotopic (exact) mass is 638 g/mol. The van der Waals surface area contributed by atoms with Gasteiger partial charge in [-0.15, -0.1) is 10.2 Å². The van der Waals surface area contributed by atoms with Crippen LogP contribution in [-0.4, -0.2) is 32.0 Å². The number of nitriles is 1. The summed E-state index contributed by atoms with van der Waals surface area (Å²) in [5.41, 5.74) is 1.41. The van der Waals surface area contributed by atoms with Crippen molar-refractivity contribution in [2.24, 2.45) is 7.05 Å². The summed E-state index contributed by atoms with van der Waals surface area (Å²) in [5.74, 6) is 0.0505. The summed E-state index contributed by atoms with van der Waals surface area (Å²) in [4.78, 5) is 4.27. The summed E-state index contributed by atoms with van der Waals surface area (Å²) in [6, 6.07) is 21.6. The van der Waals surface area contributed by atoms with Crippen molar-refractivity contribution in [3.63, 3.8) is 0 Å². The molecule has 0 amide bonds. The second-order valence-electron chi connectivity index (χ2n) is 10.3. The third-order valence-corrected chi connectivity index (χ3v) is 7.26. The largest absolute Gasteiger partial charge is 0.497 e. The van der Waals surface area contributed by atoms with Crippen LogP contribution in [0.15, 0.2) is 83.4 Å². The predicted molar refractivity (Wildman–Crippen MR) is 162 cm³/mol. The fourth-order valence-corrected chi connectivity index (χ4v) is 4.66.